The summed E-state index contributed by atoms with van der Waals surface area (Å²) in [4.78, 5) is 26.8. The van der Waals surface area contributed by atoms with E-state index in [0.717, 1.165) is 5.56 Å². The Kier molecular flexibility index (Phi) is 5.03. The summed E-state index contributed by atoms with van der Waals surface area (Å²) in [5.74, 6) is -3.38. The van der Waals surface area contributed by atoms with Gasteiger partial charge in [0.2, 0.25) is 0 Å². The van der Waals surface area contributed by atoms with Crippen molar-refractivity contribution in [1.82, 2.24) is 0 Å². The maximum absolute atomic E-state index is 12.9. The van der Waals surface area contributed by atoms with Gasteiger partial charge in [-0.2, -0.15) is 8.78 Å². The van der Waals surface area contributed by atoms with E-state index in [0.29, 0.717) is 34.3 Å². The lowest BCUT2D eigenvalue weighted by Crippen LogP contribution is -2.43. The predicted molar refractivity (Wildman–Crippen MR) is 91.1 cm³/mol. The van der Waals surface area contributed by atoms with Crippen molar-refractivity contribution in [2.24, 2.45) is 0 Å². The van der Waals surface area contributed by atoms with Crippen LogP contribution in [0.5, 0.6) is 0 Å². The van der Waals surface area contributed by atoms with Crippen LogP contribution >= 0.6 is 11.8 Å². The highest BCUT2D eigenvalue weighted by molar-refractivity contribution is 7.99. The van der Waals surface area contributed by atoms with E-state index in [1.54, 1.807) is 12.1 Å². The number of thioether (sulfide) groups is 1. The quantitative estimate of drug-likeness (QED) is 0.613. The number of benzene rings is 2. The molecule has 0 aromatic heterocycles. The molecule has 1 amide bonds. The van der Waals surface area contributed by atoms with Crippen LogP contribution in [-0.2, 0) is 16.0 Å². The number of methoxy groups -OCH3 is 1. The van der Waals surface area contributed by atoms with Crippen molar-refractivity contribution in [2.45, 2.75) is 23.1 Å². The molecule has 1 aliphatic rings. The summed E-state index contributed by atoms with van der Waals surface area (Å²) < 4.78 is 29.6. The zero-order chi connectivity index (χ0) is 18.0. The van der Waals surface area contributed by atoms with Gasteiger partial charge in [0.15, 0.2) is 0 Å². The second-order valence-electron chi connectivity index (χ2n) is 5.45. The third-order valence-electron chi connectivity index (χ3n) is 3.99. The lowest BCUT2D eigenvalue weighted by molar-refractivity contribution is -0.141. The third kappa shape index (κ3) is 3.51. The fourth-order valence-corrected chi connectivity index (χ4v) is 3.38. The fourth-order valence-electron chi connectivity index (χ4n) is 2.88. The molecule has 0 radical (unpaired) electrons. The number of amides is 1. The van der Waals surface area contributed by atoms with E-state index in [1.165, 1.54) is 36.3 Å². The molecule has 3 rings (SSSR count). The molecule has 1 unspecified atom stereocenters. The van der Waals surface area contributed by atoms with Crippen molar-refractivity contribution >= 4 is 29.3 Å². The Bertz CT molecular complexity index is 795. The van der Waals surface area contributed by atoms with E-state index in [1.807, 2.05) is 12.1 Å². The van der Waals surface area contributed by atoms with Crippen LogP contribution in [0.4, 0.5) is 14.5 Å². The van der Waals surface area contributed by atoms with Crippen molar-refractivity contribution in [3.8, 4) is 0 Å². The van der Waals surface area contributed by atoms with Crippen LogP contribution in [-0.4, -0.2) is 30.8 Å². The molecule has 1 aliphatic heterocycles. The summed E-state index contributed by atoms with van der Waals surface area (Å²) >= 11 is 0.416. The minimum atomic E-state index is -2.52. The van der Waals surface area contributed by atoms with Crippen LogP contribution in [0.2, 0.25) is 0 Å². The van der Waals surface area contributed by atoms with Crippen molar-refractivity contribution in [2.75, 3.05) is 12.0 Å². The third-order valence-corrected chi connectivity index (χ3v) is 4.72. The summed E-state index contributed by atoms with van der Waals surface area (Å²) in [5.41, 5.74) is 1.87. The molecular weight excluding hydrogens is 348 g/mol. The Morgan fingerprint density at radius 3 is 2.48 bits per heavy atom. The highest BCUT2D eigenvalue weighted by atomic mass is 32.2. The van der Waals surface area contributed by atoms with Gasteiger partial charge in [0, 0.05) is 22.6 Å². The van der Waals surface area contributed by atoms with Crippen molar-refractivity contribution < 1.29 is 23.1 Å². The molecule has 0 fully saturated rings. The first kappa shape index (κ1) is 17.4. The molecule has 0 saturated carbocycles. The number of ether oxygens (including phenoxy) is 1. The second kappa shape index (κ2) is 7.23. The summed E-state index contributed by atoms with van der Waals surface area (Å²) in [6.45, 7) is 0. The molecule has 0 spiro atoms. The molecule has 1 heterocycles. The van der Waals surface area contributed by atoms with Crippen molar-refractivity contribution in [1.29, 1.82) is 0 Å². The van der Waals surface area contributed by atoms with Crippen LogP contribution in [0.3, 0.4) is 0 Å². The van der Waals surface area contributed by atoms with Gasteiger partial charge >= 0.3 is 5.97 Å². The molecule has 25 heavy (non-hydrogen) atoms. The van der Waals surface area contributed by atoms with Crippen molar-refractivity contribution in [3.63, 3.8) is 0 Å². The van der Waals surface area contributed by atoms with Gasteiger partial charge in [-0.05, 0) is 35.9 Å². The molecule has 0 N–H and O–H groups in total. The Morgan fingerprint density at radius 1 is 1.16 bits per heavy atom. The number of para-hydroxylation sites is 1. The molecule has 2 aromatic rings. The Morgan fingerprint density at radius 2 is 1.84 bits per heavy atom. The number of halogens is 2. The Labute approximate surface area is 147 Å². The summed E-state index contributed by atoms with van der Waals surface area (Å²) in [5, 5.41) is 0. The highest BCUT2D eigenvalue weighted by Gasteiger charge is 2.39. The summed E-state index contributed by atoms with van der Waals surface area (Å²) in [6, 6.07) is 12.5. The first-order chi connectivity index (χ1) is 12.0. The molecule has 130 valence electrons. The van der Waals surface area contributed by atoms with E-state index in [-0.39, 0.29) is 5.91 Å². The second-order valence-corrected chi connectivity index (χ2v) is 6.51. The first-order valence-electron chi connectivity index (χ1n) is 7.55. The molecule has 2 aromatic carbocycles. The molecular formula is C18H15F2NO3S. The van der Waals surface area contributed by atoms with Crippen LogP contribution in [0.1, 0.15) is 15.9 Å². The maximum Gasteiger partial charge on any atom is 0.329 e. The molecule has 1 atom stereocenters. The smallest absolute Gasteiger partial charge is 0.329 e. The lowest BCUT2D eigenvalue weighted by Gasteiger charge is -2.23. The molecule has 4 nitrogen and oxygen atoms in total. The average molecular weight is 363 g/mol. The summed E-state index contributed by atoms with van der Waals surface area (Å²) in [7, 11) is 1.28. The zero-order valence-corrected chi connectivity index (χ0v) is 14.1. The SMILES string of the molecule is COC(=O)C1Cc2ccccc2N1C(=O)c1ccc(SC(F)F)cc1. The molecule has 0 saturated heterocycles. The van der Waals surface area contributed by atoms with Crippen LogP contribution in [0, 0.1) is 0 Å². The minimum absolute atomic E-state index is 0.323. The monoisotopic (exact) mass is 363 g/mol. The van der Waals surface area contributed by atoms with E-state index in [9.17, 15) is 18.4 Å². The van der Waals surface area contributed by atoms with Gasteiger partial charge < -0.3 is 4.74 Å². The largest absolute Gasteiger partial charge is 0.467 e. The molecule has 7 heteroatoms. The van der Waals surface area contributed by atoms with E-state index < -0.39 is 17.8 Å². The van der Waals surface area contributed by atoms with Gasteiger partial charge in [-0.15, -0.1) is 0 Å². The lowest BCUT2D eigenvalue weighted by atomic mass is 10.1. The summed E-state index contributed by atoms with van der Waals surface area (Å²) in [6.07, 6.45) is 0.383. The fraction of sp³-hybridized carbons (Fsp3) is 0.222. The number of hydrogen-bond acceptors (Lipinski definition) is 4. The van der Waals surface area contributed by atoms with Crippen LogP contribution in [0.15, 0.2) is 53.4 Å². The van der Waals surface area contributed by atoms with Gasteiger partial charge in [-0.3, -0.25) is 9.69 Å². The number of fused-ring (bicyclic) bond motifs is 1. The molecule has 0 bridgehead atoms. The normalized spacial score (nSPS) is 16.0. The molecule has 0 aliphatic carbocycles. The topological polar surface area (TPSA) is 46.6 Å². The van der Waals surface area contributed by atoms with Gasteiger partial charge in [0.1, 0.15) is 6.04 Å². The van der Waals surface area contributed by atoms with E-state index in [2.05, 4.69) is 0 Å². The highest BCUT2D eigenvalue weighted by Crippen LogP contribution is 2.34. The van der Waals surface area contributed by atoms with E-state index in [4.69, 9.17) is 4.74 Å². The van der Waals surface area contributed by atoms with Gasteiger partial charge in [-0.1, -0.05) is 30.0 Å². The number of nitrogens with zero attached hydrogens (tertiary/aromatic N) is 1. The van der Waals surface area contributed by atoms with Gasteiger partial charge in [-0.25, -0.2) is 4.79 Å². The van der Waals surface area contributed by atoms with Gasteiger partial charge in [0.05, 0.1) is 7.11 Å². The van der Waals surface area contributed by atoms with Crippen LogP contribution in [0.25, 0.3) is 0 Å². The number of rotatable bonds is 4. The number of hydrogen-bond donors (Lipinski definition) is 0. The number of alkyl halides is 2. The number of carbonyl (C=O) groups is 2. The first-order valence-corrected chi connectivity index (χ1v) is 8.43. The van der Waals surface area contributed by atoms with Crippen molar-refractivity contribution in [3.05, 3.63) is 59.7 Å². The van der Waals surface area contributed by atoms with Crippen LogP contribution < -0.4 is 4.90 Å². The maximum atomic E-state index is 12.9. The number of carbonyl (C=O) groups excluding carboxylic acids is 2. The standard InChI is InChI=1S/C18H15F2NO3S/c1-24-17(23)15-10-12-4-2-3-5-14(12)21(15)16(22)11-6-8-13(9-7-11)25-18(19)20/h2-9,15,18H,10H2,1H3. The Hall–Kier alpha value is -2.41. The van der Waals surface area contributed by atoms with E-state index >= 15 is 0 Å². The number of esters is 1. The minimum Gasteiger partial charge on any atom is -0.467 e. The Balaban J connectivity index is 1.91. The number of anilines is 1. The predicted octanol–water partition coefficient (Wildman–Crippen LogP) is 3.75. The van der Waals surface area contributed by atoms with Gasteiger partial charge in [0.25, 0.3) is 11.7 Å². The average Bonchev–Trinajstić information content (AvgIpc) is 3.00. The zero-order valence-electron chi connectivity index (χ0n) is 13.3.